The predicted molar refractivity (Wildman–Crippen MR) is 110 cm³/mol. The number of aromatic nitrogens is 1. The largest absolute Gasteiger partial charge is 0.478 e. The molecule has 0 amide bonds. The van der Waals surface area contributed by atoms with Gasteiger partial charge in [0, 0.05) is 6.20 Å². The third-order valence-corrected chi connectivity index (χ3v) is 7.87. The lowest BCUT2D eigenvalue weighted by molar-refractivity contribution is 0.0695. The summed E-state index contributed by atoms with van der Waals surface area (Å²) in [5.74, 6) is 0.512. The minimum atomic E-state index is -0.845. The van der Waals surface area contributed by atoms with Crippen molar-refractivity contribution in [3.05, 3.63) is 70.3 Å². The molecule has 3 nitrogen and oxygen atoms in total. The van der Waals surface area contributed by atoms with Gasteiger partial charge < -0.3 is 5.11 Å². The first kappa shape index (κ1) is 18.5. The molecule has 5 rings (SSSR count). The summed E-state index contributed by atoms with van der Waals surface area (Å²) in [6, 6.07) is 5.35. The summed E-state index contributed by atoms with van der Waals surface area (Å²) in [4.78, 5) is 15.5. The van der Waals surface area contributed by atoms with Crippen LogP contribution in [0.15, 0.2) is 36.7 Å². The van der Waals surface area contributed by atoms with Gasteiger partial charge in [-0.15, -0.1) is 0 Å². The van der Waals surface area contributed by atoms with Gasteiger partial charge in [-0.3, -0.25) is 4.98 Å². The Labute approximate surface area is 170 Å². The number of rotatable bonds is 2. The monoisotopic (exact) mass is 391 g/mol. The number of pyridine rings is 1. The highest BCUT2D eigenvalue weighted by Gasteiger charge is 2.52. The number of benzene rings is 1. The van der Waals surface area contributed by atoms with Gasteiger partial charge >= 0.3 is 5.97 Å². The molecule has 1 aromatic heterocycles. The molecule has 2 aromatic rings. The van der Waals surface area contributed by atoms with Crippen molar-refractivity contribution in [2.45, 2.75) is 51.9 Å². The summed E-state index contributed by atoms with van der Waals surface area (Å²) in [5.41, 5.74) is 6.40. The van der Waals surface area contributed by atoms with Crippen molar-refractivity contribution < 1.29 is 14.3 Å². The van der Waals surface area contributed by atoms with Crippen molar-refractivity contribution in [3.8, 4) is 0 Å². The first-order chi connectivity index (χ1) is 13.9. The second kappa shape index (κ2) is 6.51. The maximum Gasteiger partial charge on any atom is 0.335 e. The van der Waals surface area contributed by atoms with Crippen molar-refractivity contribution in [3.63, 3.8) is 0 Å². The number of carboxylic acid groups (broad SMARTS) is 1. The van der Waals surface area contributed by atoms with Crippen LogP contribution in [-0.4, -0.2) is 16.1 Å². The van der Waals surface area contributed by atoms with Gasteiger partial charge in [-0.1, -0.05) is 13.0 Å². The van der Waals surface area contributed by atoms with E-state index in [1.54, 1.807) is 12.3 Å². The molecule has 0 bridgehead atoms. The molecule has 0 radical (unpaired) electrons. The summed E-state index contributed by atoms with van der Waals surface area (Å²) >= 11 is 0. The molecule has 1 heterocycles. The quantitative estimate of drug-likeness (QED) is 0.706. The van der Waals surface area contributed by atoms with Gasteiger partial charge in [0.2, 0.25) is 0 Å². The van der Waals surface area contributed by atoms with Gasteiger partial charge in [0.1, 0.15) is 5.82 Å². The third kappa shape index (κ3) is 2.76. The van der Waals surface area contributed by atoms with Gasteiger partial charge in [-0.2, -0.15) is 0 Å². The van der Waals surface area contributed by atoms with E-state index in [0.29, 0.717) is 23.3 Å². The van der Waals surface area contributed by atoms with Crippen LogP contribution < -0.4 is 0 Å². The normalized spacial score (nSPS) is 30.2. The Morgan fingerprint density at radius 2 is 2.07 bits per heavy atom. The maximum atomic E-state index is 13.8. The molecule has 0 saturated heterocycles. The molecule has 4 heteroatoms. The number of hydrogen-bond donors (Lipinski definition) is 1. The molecule has 1 N–H and O–H groups in total. The minimum absolute atomic E-state index is 0.0586. The highest BCUT2D eigenvalue weighted by Crippen LogP contribution is 2.63. The summed E-state index contributed by atoms with van der Waals surface area (Å²) < 4.78 is 13.8. The molecule has 0 unspecified atom stereocenters. The van der Waals surface area contributed by atoms with Crippen LogP contribution in [0.25, 0.3) is 5.57 Å². The van der Waals surface area contributed by atoms with Crippen molar-refractivity contribution in [1.29, 1.82) is 0 Å². The van der Waals surface area contributed by atoms with E-state index in [2.05, 4.69) is 24.9 Å². The molecular formula is C25H26FNO2. The average molecular weight is 391 g/mol. The molecule has 1 fully saturated rings. The van der Waals surface area contributed by atoms with Crippen LogP contribution in [0.1, 0.15) is 71.1 Å². The van der Waals surface area contributed by atoms with Crippen molar-refractivity contribution in [1.82, 2.24) is 4.98 Å². The SMILES string of the molecule is Cc1cc(C(=O)O)cc2c1[C@H]1CC[C@]3(C)C(c4cncc(F)c4)=CC[C@H]3[C@@H]1CC2. The fraction of sp³-hybridized carbons (Fsp3) is 0.440. The van der Waals surface area contributed by atoms with Gasteiger partial charge in [0.15, 0.2) is 0 Å². The van der Waals surface area contributed by atoms with Crippen LogP contribution in [0, 0.1) is 30.0 Å². The molecule has 1 saturated carbocycles. The van der Waals surface area contributed by atoms with Gasteiger partial charge in [-0.25, -0.2) is 9.18 Å². The zero-order valence-electron chi connectivity index (χ0n) is 16.9. The van der Waals surface area contributed by atoms with E-state index in [9.17, 15) is 14.3 Å². The number of aromatic carboxylic acids is 1. The second-order valence-corrected chi connectivity index (χ2v) is 9.29. The fourth-order valence-electron chi connectivity index (χ4n) is 6.68. The summed E-state index contributed by atoms with van der Waals surface area (Å²) in [6.07, 6.45) is 10.6. The van der Waals surface area contributed by atoms with E-state index >= 15 is 0 Å². The lowest BCUT2D eigenvalue weighted by atomic mass is 9.53. The third-order valence-electron chi connectivity index (χ3n) is 7.87. The van der Waals surface area contributed by atoms with Crippen LogP contribution in [0.2, 0.25) is 0 Å². The summed E-state index contributed by atoms with van der Waals surface area (Å²) in [7, 11) is 0. The Bertz CT molecular complexity index is 1040. The van der Waals surface area contributed by atoms with Crippen LogP contribution in [-0.2, 0) is 6.42 Å². The highest BCUT2D eigenvalue weighted by atomic mass is 19.1. The Morgan fingerprint density at radius 1 is 1.24 bits per heavy atom. The lowest BCUT2D eigenvalue weighted by Crippen LogP contribution is -2.41. The molecule has 3 aliphatic rings. The molecule has 4 atom stereocenters. The minimum Gasteiger partial charge on any atom is -0.478 e. The van der Waals surface area contributed by atoms with Crippen LogP contribution in [0.3, 0.4) is 0 Å². The number of fused-ring (bicyclic) bond motifs is 5. The van der Waals surface area contributed by atoms with E-state index in [4.69, 9.17) is 0 Å². The van der Waals surface area contributed by atoms with Gasteiger partial charge in [0.05, 0.1) is 11.8 Å². The number of allylic oxidation sites excluding steroid dienone is 2. The van der Waals surface area contributed by atoms with E-state index in [-0.39, 0.29) is 11.2 Å². The summed E-state index contributed by atoms with van der Waals surface area (Å²) in [5, 5.41) is 9.42. The Hall–Kier alpha value is -2.49. The second-order valence-electron chi connectivity index (χ2n) is 9.29. The van der Waals surface area contributed by atoms with Crippen molar-refractivity contribution in [2.24, 2.45) is 17.3 Å². The number of aryl methyl sites for hydroxylation is 2. The predicted octanol–water partition coefficient (Wildman–Crippen LogP) is 5.78. The number of halogens is 1. The van der Waals surface area contributed by atoms with Crippen LogP contribution >= 0.6 is 0 Å². The lowest BCUT2D eigenvalue weighted by Gasteiger charge is -2.50. The Morgan fingerprint density at radius 3 is 2.83 bits per heavy atom. The Balaban J connectivity index is 1.50. The highest BCUT2D eigenvalue weighted by molar-refractivity contribution is 5.88. The van der Waals surface area contributed by atoms with Crippen molar-refractivity contribution in [2.75, 3.05) is 0 Å². The molecule has 1 aromatic carbocycles. The number of carbonyl (C=O) groups is 1. The Kier molecular flexibility index (Phi) is 4.16. The fourth-order valence-corrected chi connectivity index (χ4v) is 6.68. The van der Waals surface area contributed by atoms with E-state index in [0.717, 1.165) is 43.2 Å². The number of hydrogen-bond acceptors (Lipinski definition) is 2. The average Bonchev–Trinajstić information content (AvgIpc) is 3.04. The van der Waals surface area contributed by atoms with E-state index in [1.165, 1.54) is 22.9 Å². The molecular weight excluding hydrogens is 365 g/mol. The molecule has 0 aliphatic heterocycles. The van der Waals surface area contributed by atoms with Crippen LogP contribution in [0.4, 0.5) is 4.39 Å². The van der Waals surface area contributed by atoms with Gasteiger partial charge in [-0.05, 0) is 108 Å². The standard InChI is InChI=1S/C25H26FNO2/c1-14-9-16(24(28)29)10-15-3-4-19-20(23(14)15)7-8-25(2)21(5-6-22(19)25)17-11-18(26)13-27-12-17/h5,9-13,19-20,22H,3-4,6-8H2,1-2H3,(H,28,29)/t19-,20+,22+,25-/m1/s1. The number of carboxylic acids is 1. The maximum absolute atomic E-state index is 13.8. The first-order valence-corrected chi connectivity index (χ1v) is 10.6. The zero-order valence-corrected chi connectivity index (χ0v) is 16.9. The van der Waals surface area contributed by atoms with E-state index < -0.39 is 5.97 Å². The van der Waals surface area contributed by atoms with Crippen LogP contribution in [0.5, 0.6) is 0 Å². The first-order valence-electron chi connectivity index (χ1n) is 10.6. The molecule has 0 spiro atoms. The topological polar surface area (TPSA) is 50.2 Å². The summed E-state index contributed by atoms with van der Waals surface area (Å²) in [6.45, 7) is 4.42. The van der Waals surface area contributed by atoms with E-state index in [1.807, 2.05) is 12.1 Å². The molecule has 29 heavy (non-hydrogen) atoms. The number of nitrogens with zero attached hydrogens (tertiary/aromatic N) is 1. The van der Waals surface area contributed by atoms with Gasteiger partial charge in [0.25, 0.3) is 0 Å². The molecule has 150 valence electrons. The smallest absolute Gasteiger partial charge is 0.335 e. The zero-order chi connectivity index (χ0) is 20.3. The van der Waals surface area contributed by atoms with Crippen molar-refractivity contribution >= 4 is 11.5 Å². The molecule has 3 aliphatic carbocycles.